The molecule has 3 aliphatic rings. The molecular formula is C20H31N3OS. The summed E-state index contributed by atoms with van der Waals surface area (Å²) in [5.74, 6) is 2.25. The van der Waals surface area contributed by atoms with Crippen LogP contribution in [0.15, 0.2) is 0 Å². The molecule has 2 heterocycles. The van der Waals surface area contributed by atoms with Crippen LogP contribution in [0, 0.1) is 5.92 Å². The Balaban J connectivity index is 1.31. The predicted octanol–water partition coefficient (Wildman–Crippen LogP) is 4.87. The van der Waals surface area contributed by atoms with Gasteiger partial charge in [-0.1, -0.05) is 38.5 Å². The number of carbonyl (C=O) groups is 1. The van der Waals surface area contributed by atoms with Crippen LogP contribution in [-0.2, 0) is 4.79 Å². The average molecular weight is 362 g/mol. The quantitative estimate of drug-likeness (QED) is 0.751. The number of aromatic nitrogens is 2. The highest BCUT2D eigenvalue weighted by molar-refractivity contribution is 7.11. The third-order valence-electron chi connectivity index (χ3n) is 6.53. The zero-order valence-corrected chi connectivity index (χ0v) is 16.1. The molecule has 0 radical (unpaired) electrons. The van der Waals surface area contributed by atoms with Crippen molar-refractivity contribution in [1.29, 1.82) is 0 Å². The summed E-state index contributed by atoms with van der Waals surface area (Å²) in [6.45, 7) is 1.80. The fraction of sp³-hybridized carbons (Fsp3) is 0.850. The van der Waals surface area contributed by atoms with Crippen molar-refractivity contribution in [2.75, 3.05) is 13.1 Å². The van der Waals surface area contributed by atoms with Gasteiger partial charge in [-0.05, 0) is 38.0 Å². The molecule has 1 aromatic rings. The lowest BCUT2D eigenvalue weighted by molar-refractivity contribution is -0.132. The number of hydrogen-bond acceptors (Lipinski definition) is 4. The number of rotatable bonds is 5. The summed E-state index contributed by atoms with van der Waals surface area (Å²) in [6.07, 6.45) is 14.8. The number of nitrogens with zero attached hydrogens (tertiary/aromatic N) is 3. The molecule has 2 saturated carbocycles. The van der Waals surface area contributed by atoms with Crippen LogP contribution >= 0.6 is 11.3 Å². The van der Waals surface area contributed by atoms with Gasteiger partial charge in [-0.2, -0.15) is 0 Å². The second-order valence-corrected chi connectivity index (χ2v) is 9.37. The van der Waals surface area contributed by atoms with Crippen LogP contribution in [0.5, 0.6) is 0 Å². The van der Waals surface area contributed by atoms with Gasteiger partial charge in [-0.15, -0.1) is 21.5 Å². The number of carbonyl (C=O) groups excluding carboxylic acids is 1. The summed E-state index contributed by atoms with van der Waals surface area (Å²) < 4.78 is 0. The van der Waals surface area contributed by atoms with Gasteiger partial charge in [0.2, 0.25) is 5.91 Å². The van der Waals surface area contributed by atoms with E-state index in [1.165, 1.54) is 61.4 Å². The first-order chi connectivity index (χ1) is 12.3. The van der Waals surface area contributed by atoms with Gasteiger partial charge < -0.3 is 4.90 Å². The highest BCUT2D eigenvalue weighted by Crippen LogP contribution is 2.38. The van der Waals surface area contributed by atoms with E-state index in [1.807, 2.05) is 11.3 Å². The second kappa shape index (κ2) is 8.15. The minimum absolute atomic E-state index is 0.372. The van der Waals surface area contributed by atoms with Crippen LogP contribution in [0.25, 0.3) is 0 Å². The maximum atomic E-state index is 12.6. The largest absolute Gasteiger partial charge is 0.342 e. The summed E-state index contributed by atoms with van der Waals surface area (Å²) in [5.41, 5.74) is 0. The Kier molecular flexibility index (Phi) is 5.69. The first kappa shape index (κ1) is 17.4. The normalized spacial score (nSPS) is 25.8. The average Bonchev–Trinajstić information content (AvgIpc) is 3.41. The van der Waals surface area contributed by atoms with Crippen molar-refractivity contribution in [3.8, 4) is 0 Å². The zero-order valence-electron chi connectivity index (χ0n) is 15.3. The van der Waals surface area contributed by atoms with Crippen LogP contribution < -0.4 is 0 Å². The van der Waals surface area contributed by atoms with Crippen LogP contribution in [0.2, 0.25) is 0 Å². The molecule has 1 amide bonds. The fourth-order valence-corrected chi connectivity index (χ4v) is 6.08. The molecule has 1 aliphatic heterocycles. The lowest BCUT2D eigenvalue weighted by atomic mass is 9.97. The lowest BCUT2D eigenvalue weighted by Crippen LogP contribution is -2.39. The van der Waals surface area contributed by atoms with E-state index in [2.05, 4.69) is 15.1 Å². The molecule has 1 atom stereocenters. The topological polar surface area (TPSA) is 46.1 Å². The molecule has 2 aliphatic carbocycles. The van der Waals surface area contributed by atoms with Gasteiger partial charge in [0, 0.05) is 31.3 Å². The summed E-state index contributed by atoms with van der Waals surface area (Å²) in [7, 11) is 0. The van der Waals surface area contributed by atoms with E-state index in [4.69, 9.17) is 0 Å². The van der Waals surface area contributed by atoms with Crippen molar-refractivity contribution in [3.05, 3.63) is 10.0 Å². The summed E-state index contributed by atoms with van der Waals surface area (Å²) in [6, 6.07) is 0. The van der Waals surface area contributed by atoms with E-state index in [-0.39, 0.29) is 0 Å². The molecule has 1 saturated heterocycles. The Hall–Kier alpha value is -0.970. The Morgan fingerprint density at radius 1 is 0.920 bits per heavy atom. The van der Waals surface area contributed by atoms with Gasteiger partial charge in [0.25, 0.3) is 0 Å². The van der Waals surface area contributed by atoms with Crippen LogP contribution in [-0.4, -0.2) is 34.1 Å². The van der Waals surface area contributed by atoms with Gasteiger partial charge in [0.05, 0.1) is 0 Å². The zero-order chi connectivity index (χ0) is 17.1. The van der Waals surface area contributed by atoms with E-state index in [9.17, 15) is 4.79 Å². The molecule has 0 bridgehead atoms. The highest BCUT2D eigenvalue weighted by Gasteiger charge is 2.29. The Labute approximate surface area is 155 Å². The molecule has 1 unspecified atom stereocenters. The van der Waals surface area contributed by atoms with E-state index in [0.29, 0.717) is 17.7 Å². The summed E-state index contributed by atoms with van der Waals surface area (Å²) in [4.78, 5) is 14.8. The number of likely N-dealkylation sites (tertiary alicyclic amines) is 1. The second-order valence-electron chi connectivity index (χ2n) is 8.33. The lowest BCUT2D eigenvalue weighted by Gasteiger charge is -2.32. The monoisotopic (exact) mass is 361 g/mol. The summed E-state index contributed by atoms with van der Waals surface area (Å²) in [5, 5.41) is 11.4. The number of hydrogen-bond donors (Lipinski definition) is 0. The number of amides is 1. The van der Waals surface area contributed by atoms with Crippen LogP contribution in [0.4, 0.5) is 0 Å². The third kappa shape index (κ3) is 4.24. The minimum atomic E-state index is 0.372. The van der Waals surface area contributed by atoms with Gasteiger partial charge in [0.1, 0.15) is 10.0 Å². The number of piperidine rings is 1. The maximum Gasteiger partial charge on any atom is 0.222 e. The van der Waals surface area contributed by atoms with E-state index < -0.39 is 0 Å². The molecule has 3 fully saturated rings. The van der Waals surface area contributed by atoms with Crippen molar-refractivity contribution < 1.29 is 4.79 Å². The van der Waals surface area contributed by atoms with Gasteiger partial charge >= 0.3 is 0 Å². The smallest absolute Gasteiger partial charge is 0.222 e. The molecule has 138 valence electrons. The molecule has 5 heteroatoms. The van der Waals surface area contributed by atoms with Gasteiger partial charge in [-0.3, -0.25) is 4.79 Å². The predicted molar refractivity (Wildman–Crippen MR) is 101 cm³/mol. The fourth-order valence-electron chi connectivity index (χ4n) is 4.94. The van der Waals surface area contributed by atoms with Crippen LogP contribution in [0.1, 0.15) is 98.9 Å². The van der Waals surface area contributed by atoms with Crippen molar-refractivity contribution in [2.45, 2.75) is 88.9 Å². The SMILES string of the molecule is O=C(CCC1CCCC1)N1CCCC(c2nnc(C3CCCC3)s2)C1. The highest BCUT2D eigenvalue weighted by atomic mass is 32.1. The van der Waals surface area contributed by atoms with Crippen molar-refractivity contribution in [2.24, 2.45) is 5.92 Å². The first-order valence-corrected chi connectivity index (χ1v) is 11.2. The van der Waals surface area contributed by atoms with Gasteiger partial charge in [-0.25, -0.2) is 0 Å². The first-order valence-electron chi connectivity index (χ1n) is 10.4. The Morgan fingerprint density at radius 2 is 1.56 bits per heavy atom. The molecular weight excluding hydrogens is 330 g/mol. The molecule has 0 aromatic carbocycles. The molecule has 0 spiro atoms. The summed E-state index contributed by atoms with van der Waals surface area (Å²) >= 11 is 1.82. The molecule has 25 heavy (non-hydrogen) atoms. The van der Waals surface area contributed by atoms with E-state index in [0.717, 1.165) is 44.7 Å². The Bertz CT molecular complexity index is 575. The van der Waals surface area contributed by atoms with E-state index >= 15 is 0 Å². The van der Waals surface area contributed by atoms with Gasteiger partial charge in [0.15, 0.2) is 0 Å². The molecule has 4 nitrogen and oxygen atoms in total. The van der Waals surface area contributed by atoms with Crippen molar-refractivity contribution >= 4 is 17.2 Å². The maximum absolute atomic E-state index is 12.6. The molecule has 4 rings (SSSR count). The Morgan fingerprint density at radius 3 is 2.32 bits per heavy atom. The molecule has 0 N–H and O–H groups in total. The van der Waals surface area contributed by atoms with Crippen LogP contribution in [0.3, 0.4) is 0 Å². The third-order valence-corrected chi connectivity index (χ3v) is 7.77. The molecule has 1 aromatic heterocycles. The van der Waals surface area contributed by atoms with E-state index in [1.54, 1.807) is 0 Å². The standard InChI is InChI=1S/C20H31N3OS/c24-18(12-11-15-6-1-2-7-15)23-13-5-10-17(14-23)20-22-21-19(25-20)16-8-3-4-9-16/h15-17H,1-14H2. The van der Waals surface area contributed by atoms with Crippen molar-refractivity contribution in [3.63, 3.8) is 0 Å². The minimum Gasteiger partial charge on any atom is -0.342 e. The van der Waals surface area contributed by atoms with Crippen molar-refractivity contribution in [1.82, 2.24) is 15.1 Å².